The number of H-pyrrole nitrogens is 1. The van der Waals surface area contributed by atoms with E-state index in [4.69, 9.17) is 9.47 Å². The number of sulfone groups is 1. The number of benzene rings is 1. The van der Waals surface area contributed by atoms with Gasteiger partial charge >= 0.3 is 0 Å². The molecule has 1 heterocycles. The lowest BCUT2D eigenvalue weighted by atomic mass is 10.1. The van der Waals surface area contributed by atoms with Gasteiger partial charge < -0.3 is 19.4 Å². The van der Waals surface area contributed by atoms with Gasteiger partial charge in [-0.25, -0.2) is 8.42 Å². The van der Waals surface area contributed by atoms with Gasteiger partial charge in [0.2, 0.25) is 0 Å². The van der Waals surface area contributed by atoms with Gasteiger partial charge in [0, 0.05) is 12.4 Å². The molecule has 0 spiro atoms. The monoisotopic (exact) mass is 388 g/mol. The maximum Gasteiger partial charge on any atom is 0.187 e. The number of aromatic amines is 1. The molecular weight excluding hydrogens is 364 g/mol. The summed E-state index contributed by atoms with van der Waals surface area (Å²) < 4.78 is 37.2. The van der Waals surface area contributed by atoms with Crippen LogP contribution in [0.2, 0.25) is 0 Å². The van der Waals surface area contributed by atoms with Gasteiger partial charge in [0.25, 0.3) is 0 Å². The minimum atomic E-state index is -3.59. The molecule has 1 aromatic carbocycles. The summed E-state index contributed by atoms with van der Waals surface area (Å²) in [6, 6.07) is 6.87. The summed E-state index contributed by atoms with van der Waals surface area (Å²) in [5.41, 5.74) is 0.561. The van der Waals surface area contributed by atoms with Crippen molar-refractivity contribution in [2.75, 3.05) is 34.9 Å². The Labute approximate surface area is 155 Å². The molecule has 0 aliphatic carbocycles. The zero-order chi connectivity index (χ0) is 17.7. The van der Waals surface area contributed by atoms with Crippen LogP contribution in [0.4, 0.5) is 0 Å². The Kier molecular flexibility index (Phi) is 7.79. The summed E-state index contributed by atoms with van der Waals surface area (Å²) in [6.07, 6.45) is 3.53. The molecule has 1 atom stereocenters. The lowest BCUT2D eigenvalue weighted by Crippen LogP contribution is -2.22. The van der Waals surface area contributed by atoms with Gasteiger partial charge in [-0.3, -0.25) is 0 Å². The second kappa shape index (κ2) is 9.12. The summed E-state index contributed by atoms with van der Waals surface area (Å²) in [6.45, 7) is 0.621. The highest BCUT2D eigenvalue weighted by Gasteiger charge is 2.34. The first kappa shape index (κ1) is 21.3. The van der Waals surface area contributed by atoms with Crippen molar-refractivity contribution < 1.29 is 17.9 Å². The largest absolute Gasteiger partial charge is 0.496 e. The van der Waals surface area contributed by atoms with Gasteiger partial charge in [-0.1, -0.05) is 6.07 Å². The predicted molar refractivity (Wildman–Crippen MR) is 101 cm³/mol. The van der Waals surface area contributed by atoms with Crippen LogP contribution < -0.4 is 9.47 Å². The summed E-state index contributed by atoms with van der Waals surface area (Å²) >= 11 is 0. The van der Waals surface area contributed by atoms with Crippen LogP contribution in [0.3, 0.4) is 0 Å². The smallest absolute Gasteiger partial charge is 0.187 e. The number of aromatic nitrogens is 1. The molecule has 140 valence electrons. The Morgan fingerprint density at radius 2 is 1.72 bits per heavy atom. The summed E-state index contributed by atoms with van der Waals surface area (Å²) in [7, 11) is 3.31. The zero-order valence-corrected chi connectivity index (χ0v) is 16.5. The van der Waals surface area contributed by atoms with E-state index in [1.54, 1.807) is 30.5 Å². The minimum Gasteiger partial charge on any atom is -0.496 e. The van der Waals surface area contributed by atoms with E-state index in [1.165, 1.54) is 20.4 Å². The molecular formula is C17H25ClN2O4S. The fraction of sp³-hybridized carbons (Fsp3) is 0.412. The third-order valence-electron chi connectivity index (χ3n) is 3.90. The second-order valence-electron chi connectivity index (χ2n) is 5.75. The molecule has 2 rings (SSSR count). The number of hydrogen-bond acceptors (Lipinski definition) is 5. The van der Waals surface area contributed by atoms with E-state index in [0.29, 0.717) is 30.0 Å². The van der Waals surface area contributed by atoms with E-state index in [1.807, 2.05) is 19.0 Å². The highest BCUT2D eigenvalue weighted by atomic mass is 35.5. The Morgan fingerprint density at radius 1 is 1.12 bits per heavy atom. The molecule has 0 aliphatic heterocycles. The van der Waals surface area contributed by atoms with E-state index in [0.717, 1.165) is 0 Å². The first-order valence-corrected chi connectivity index (χ1v) is 9.18. The lowest BCUT2D eigenvalue weighted by Gasteiger charge is -2.23. The molecule has 0 saturated heterocycles. The highest BCUT2D eigenvalue weighted by Crippen LogP contribution is 2.42. The van der Waals surface area contributed by atoms with Crippen molar-refractivity contribution in [3.63, 3.8) is 0 Å². The quantitative estimate of drug-likeness (QED) is 0.752. The van der Waals surface area contributed by atoms with Gasteiger partial charge in [-0.05, 0) is 45.3 Å². The fourth-order valence-electron chi connectivity index (χ4n) is 2.68. The predicted octanol–water partition coefficient (Wildman–Crippen LogP) is 2.92. The van der Waals surface area contributed by atoms with Crippen molar-refractivity contribution >= 4 is 22.2 Å². The van der Waals surface area contributed by atoms with Gasteiger partial charge in [-0.2, -0.15) is 0 Å². The second-order valence-corrected chi connectivity index (χ2v) is 7.88. The first-order chi connectivity index (χ1) is 11.4. The van der Waals surface area contributed by atoms with Crippen molar-refractivity contribution in [3.8, 4) is 11.5 Å². The number of rotatable bonds is 8. The number of hydrogen-bond donors (Lipinski definition) is 1. The van der Waals surface area contributed by atoms with Crippen LogP contribution in [0.1, 0.15) is 17.2 Å². The summed E-state index contributed by atoms with van der Waals surface area (Å²) in [5.74, 6) is 1.02. The Morgan fingerprint density at radius 3 is 2.16 bits per heavy atom. The number of nitrogens with zero attached hydrogens (tertiary/aromatic N) is 1. The number of nitrogens with one attached hydrogen (secondary N) is 1. The van der Waals surface area contributed by atoms with E-state index in [2.05, 4.69) is 4.98 Å². The van der Waals surface area contributed by atoms with Crippen LogP contribution in [0, 0.1) is 0 Å². The maximum atomic E-state index is 13.2. The van der Waals surface area contributed by atoms with Crippen molar-refractivity contribution in [1.82, 2.24) is 9.88 Å². The van der Waals surface area contributed by atoms with E-state index < -0.39 is 15.1 Å². The van der Waals surface area contributed by atoms with Crippen molar-refractivity contribution in [2.45, 2.75) is 16.6 Å². The molecule has 0 aliphatic rings. The van der Waals surface area contributed by atoms with E-state index in [9.17, 15) is 8.42 Å². The van der Waals surface area contributed by atoms with Crippen LogP contribution in [-0.4, -0.2) is 53.2 Å². The zero-order valence-electron chi connectivity index (χ0n) is 14.9. The topological polar surface area (TPSA) is 71.6 Å². The number of ether oxygens (including phenoxy) is 2. The molecule has 2 aromatic rings. The maximum absolute atomic E-state index is 13.2. The molecule has 0 bridgehead atoms. The molecule has 0 saturated carbocycles. The highest BCUT2D eigenvalue weighted by molar-refractivity contribution is 7.91. The standard InChI is InChI=1S/C17H24N2O4S.ClH/c1-19(2)11-9-16(24(20,21)13-8-10-18-12-13)17-14(22-3)6-5-7-15(17)23-4;/h5-8,10,12,16,18H,9,11H2,1-4H3;1H. The van der Waals surface area contributed by atoms with Crippen LogP contribution in [0.5, 0.6) is 11.5 Å². The molecule has 1 N–H and O–H groups in total. The number of halogens is 1. The van der Waals surface area contributed by atoms with Gasteiger partial charge in [0.05, 0.1) is 29.9 Å². The van der Waals surface area contributed by atoms with Crippen LogP contribution >= 0.6 is 12.4 Å². The molecule has 1 aromatic heterocycles. The number of methoxy groups -OCH3 is 2. The normalized spacial score (nSPS) is 12.5. The van der Waals surface area contributed by atoms with E-state index in [-0.39, 0.29) is 17.3 Å². The van der Waals surface area contributed by atoms with Gasteiger partial charge in [0.15, 0.2) is 9.84 Å². The lowest BCUT2D eigenvalue weighted by molar-refractivity contribution is 0.369. The fourth-order valence-corrected chi connectivity index (χ4v) is 4.45. The SMILES string of the molecule is COc1cccc(OC)c1C(CCN(C)C)S(=O)(=O)c1cc[nH]c1.Cl. The van der Waals surface area contributed by atoms with Crippen LogP contribution in [0.15, 0.2) is 41.6 Å². The summed E-state index contributed by atoms with van der Waals surface area (Å²) in [4.78, 5) is 5.04. The molecule has 8 heteroatoms. The van der Waals surface area contributed by atoms with Gasteiger partial charge in [-0.15, -0.1) is 12.4 Å². The van der Waals surface area contributed by atoms with E-state index >= 15 is 0 Å². The molecule has 0 amide bonds. The van der Waals surface area contributed by atoms with Crippen LogP contribution in [0.25, 0.3) is 0 Å². The van der Waals surface area contributed by atoms with Crippen molar-refractivity contribution in [2.24, 2.45) is 0 Å². The first-order valence-electron chi connectivity index (χ1n) is 7.64. The molecule has 1 unspecified atom stereocenters. The average molecular weight is 389 g/mol. The minimum absolute atomic E-state index is 0. The van der Waals surface area contributed by atoms with Gasteiger partial charge in [0.1, 0.15) is 11.5 Å². The Hall–Kier alpha value is -1.70. The van der Waals surface area contributed by atoms with Crippen molar-refractivity contribution in [3.05, 3.63) is 42.2 Å². The average Bonchev–Trinajstić information content (AvgIpc) is 3.09. The Balaban J connectivity index is 0.00000312. The third kappa shape index (κ3) is 4.68. The molecule has 0 fully saturated rings. The van der Waals surface area contributed by atoms with Crippen molar-refractivity contribution in [1.29, 1.82) is 0 Å². The third-order valence-corrected chi connectivity index (χ3v) is 6.03. The molecule has 25 heavy (non-hydrogen) atoms. The Bertz CT molecular complexity index is 739. The molecule has 0 radical (unpaired) electrons. The summed E-state index contributed by atoms with van der Waals surface area (Å²) in [5, 5.41) is -0.762. The van der Waals surface area contributed by atoms with Crippen LogP contribution in [-0.2, 0) is 9.84 Å². The molecule has 6 nitrogen and oxygen atoms in total.